The molecule has 8 fully saturated rings. The molecule has 0 radical (unpaired) electrons. The van der Waals surface area contributed by atoms with Gasteiger partial charge in [0.1, 0.15) is 85.0 Å². The van der Waals surface area contributed by atoms with E-state index in [-0.39, 0.29) is 35.7 Å². The van der Waals surface area contributed by atoms with Gasteiger partial charge in [0, 0.05) is 19.4 Å². The van der Waals surface area contributed by atoms with E-state index in [1.165, 1.54) is 26.5 Å². The van der Waals surface area contributed by atoms with E-state index in [4.69, 9.17) is 56.3 Å². The van der Waals surface area contributed by atoms with E-state index in [1.807, 2.05) is 13.8 Å². The summed E-state index contributed by atoms with van der Waals surface area (Å²) in [6, 6.07) is 0. The fourth-order valence-corrected chi connectivity index (χ4v) is 16.6. The van der Waals surface area contributed by atoms with Gasteiger partial charge in [-0.3, -0.25) is 14.1 Å². The molecule has 0 aromatic heterocycles. The summed E-state index contributed by atoms with van der Waals surface area (Å²) in [5.41, 5.74) is -1.09. The van der Waals surface area contributed by atoms with Gasteiger partial charge in [-0.25, -0.2) is 4.18 Å². The predicted molar refractivity (Wildman–Crippen MR) is 270 cm³/mol. The van der Waals surface area contributed by atoms with Crippen LogP contribution in [0, 0.1) is 39.4 Å². The zero-order chi connectivity index (χ0) is 57.7. The Morgan fingerprint density at radius 3 is 2.08 bits per heavy atom. The first kappa shape index (κ1) is 61.2. The van der Waals surface area contributed by atoms with E-state index >= 15 is 0 Å². The Balaban J connectivity index is 0.895. The topological polar surface area (TPSA) is 341 Å². The first-order valence-electron chi connectivity index (χ1n) is 27.7. The molecule has 0 aromatic rings. The summed E-state index contributed by atoms with van der Waals surface area (Å²) in [5.74, 6) is -0.927. The maximum absolute atomic E-state index is 14.6. The summed E-state index contributed by atoms with van der Waals surface area (Å²) in [4.78, 5) is 27.4. The smallest absolute Gasteiger partial charge is 0.397 e. The normalized spacial score (nSPS) is 49.6. The van der Waals surface area contributed by atoms with Crippen LogP contribution in [0.4, 0.5) is 0 Å². The highest BCUT2D eigenvalue weighted by Crippen LogP contribution is 2.77. The molecule has 26 atom stereocenters. The van der Waals surface area contributed by atoms with Crippen molar-refractivity contribution in [3.63, 3.8) is 0 Å². The van der Waals surface area contributed by atoms with E-state index in [9.17, 15) is 58.3 Å². The fraction of sp³-hybridized carbons (Fsp3) is 0.889. The number of allylic oxidation sites excluding steroid dienone is 3. The average molecular weight is 1150 g/mol. The molecule has 0 aromatic carbocycles. The van der Waals surface area contributed by atoms with Gasteiger partial charge in [0.2, 0.25) is 0 Å². The van der Waals surface area contributed by atoms with Crippen LogP contribution in [-0.4, -0.2) is 210 Å². The third-order valence-electron chi connectivity index (χ3n) is 19.9. The molecule has 8 N–H and O–H groups in total. The van der Waals surface area contributed by atoms with E-state index in [1.54, 1.807) is 0 Å². The average Bonchev–Trinajstić information content (AvgIpc) is 2.71. The number of fused-ring (bicyclic) bond motifs is 4. The number of cyclic esters (lactones) is 1. The van der Waals surface area contributed by atoms with Crippen LogP contribution < -0.4 is 0 Å². The SMILES string of the molecule is C=C(C)CCCC1(C)OC(=O)C23CCC4C(=CCC5C(C)(C)C(OC6OCC(OS(=O)(=O)O)C(O)C6OC6OC(C)C(OC7OCC(OC8OCC(O)C(OC)C8O)C(O)C7O)C(O)C6O)CCC45C)C2(C)CC(OC(C)=O)C13. The van der Waals surface area contributed by atoms with Gasteiger partial charge in [-0.2, -0.15) is 8.42 Å². The summed E-state index contributed by atoms with van der Waals surface area (Å²) in [7, 11) is -3.86. The molecule has 25 heteroatoms. The van der Waals surface area contributed by atoms with Gasteiger partial charge in [0.25, 0.3) is 0 Å². The van der Waals surface area contributed by atoms with Crippen LogP contribution in [0.1, 0.15) is 113 Å². The van der Waals surface area contributed by atoms with E-state index in [0.717, 1.165) is 18.4 Å². The van der Waals surface area contributed by atoms with E-state index in [2.05, 4.69) is 40.3 Å². The van der Waals surface area contributed by atoms with Gasteiger partial charge < -0.3 is 87.9 Å². The van der Waals surface area contributed by atoms with Crippen LogP contribution in [0.2, 0.25) is 0 Å². The van der Waals surface area contributed by atoms with Gasteiger partial charge in [-0.1, -0.05) is 44.9 Å². The van der Waals surface area contributed by atoms with Crippen molar-refractivity contribution in [1.82, 2.24) is 0 Å². The summed E-state index contributed by atoms with van der Waals surface area (Å²) in [6.07, 6.45) is -19.4. The molecule has 3 saturated carbocycles. The van der Waals surface area contributed by atoms with Crippen molar-refractivity contribution in [3.05, 3.63) is 23.8 Å². The van der Waals surface area contributed by atoms with Crippen molar-refractivity contribution in [1.29, 1.82) is 0 Å². The number of carbonyl (C=O) groups excluding carboxylic acids is 2. The molecule has 9 rings (SSSR count). The Hall–Kier alpha value is -2.35. The molecule has 26 unspecified atom stereocenters. The van der Waals surface area contributed by atoms with Crippen molar-refractivity contribution < 1.29 is 115 Å². The molecule has 450 valence electrons. The summed E-state index contributed by atoms with van der Waals surface area (Å²) in [5, 5.41) is 77.7. The highest BCUT2D eigenvalue weighted by Gasteiger charge is 2.79. The van der Waals surface area contributed by atoms with Crippen LogP contribution in [0.3, 0.4) is 0 Å². The molecular weight excluding hydrogens is 1060 g/mol. The van der Waals surface area contributed by atoms with E-state index in [0.29, 0.717) is 44.9 Å². The number of methoxy groups -OCH3 is 1. The van der Waals surface area contributed by atoms with Crippen LogP contribution in [0.25, 0.3) is 0 Å². The predicted octanol–water partition coefficient (Wildman–Crippen LogP) is 1.26. The van der Waals surface area contributed by atoms with Crippen molar-refractivity contribution in [2.75, 3.05) is 26.9 Å². The van der Waals surface area contributed by atoms with Gasteiger partial charge >= 0.3 is 22.3 Å². The number of aliphatic hydroxyl groups excluding tert-OH is 7. The third kappa shape index (κ3) is 10.8. The van der Waals surface area contributed by atoms with Gasteiger partial charge in [-0.05, 0) is 101 Å². The number of hydrogen-bond donors (Lipinski definition) is 8. The van der Waals surface area contributed by atoms with Crippen molar-refractivity contribution >= 4 is 22.3 Å². The molecule has 5 saturated heterocycles. The zero-order valence-electron chi connectivity index (χ0n) is 46.5. The Morgan fingerprint density at radius 1 is 0.759 bits per heavy atom. The molecular formula is C54H84O24S. The van der Waals surface area contributed by atoms with Crippen molar-refractivity contribution in [2.45, 2.75) is 235 Å². The Morgan fingerprint density at radius 2 is 1.41 bits per heavy atom. The number of carbonyl (C=O) groups is 2. The minimum Gasteiger partial charge on any atom is -0.462 e. The third-order valence-corrected chi connectivity index (χ3v) is 20.4. The maximum atomic E-state index is 14.6. The second kappa shape index (κ2) is 22.6. The first-order valence-corrected chi connectivity index (χ1v) is 29.1. The highest BCUT2D eigenvalue weighted by atomic mass is 32.3. The second-order valence-electron chi connectivity index (χ2n) is 25.1. The van der Waals surface area contributed by atoms with E-state index < -0.39 is 168 Å². The number of hydrogen-bond acceptors (Lipinski definition) is 23. The Labute approximate surface area is 461 Å². The van der Waals surface area contributed by atoms with Gasteiger partial charge in [0.05, 0.1) is 43.4 Å². The lowest BCUT2D eigenvalue weighted by Crippen LogP contribution is -2.65. The van der Waals surface area contributed by atoms with Crippen molar-refractivity contribution in [2.24, 2.45) is 39.4 Å². The maximum Gasteiger partial charge on any atom is 0.397 e. The lowest BCUT2D eigenvalue weighted by Gasteiger charge is -2.64. The molecule has 1 spiro atoms. The molecule has 5 heterocycles. The Kier molecular flexibility index (Phi) is 17.5. The summed E-state index contributed by atoms with van der Waals surface area (Å²) in [6.45, 7) is 18.3. The van der Waals surface area contributed by atoms with Gasteiger partial charge in [-0.15, -0.1) is 6.58 Å². The zero-order valence-corrected chi connectivity index (χ0v) is 47.3. The van der Waals surface area contributed by atoms with Gasteiger partial charge in [0.15, 0.2) is 25.2 Å². The first-order chi connectivity index (χ1) is 36.9. The number of aliphatic hydroxyl groups is 7. The fourth-order valence-electron chi connectivity index (χ4n) is 16.1. The molecule has 0 bridgehead atoms. The quantitative estimate of drug-likeness (QED) is 0.0613. The molecule has 9 aliphatic rings. The molecule has 0 amide bonds. The standard InChI is InChI=1S/C54H84O24S/c1-24(2)12-11-17-53(9)44-30(72-26(4)55)20-52(8)28-13-14-33-50(5,6)34(16-18-51(33,7)27(28)15-19-54(44,52)49(63)77-53)74-48-43(36(58)32(23-70-48)78-79(64,65)66)76-47-39(61)37(59)41(25(3)71-47)75-45-38(60)35(57)31(22-69-45)73-46-40(62)42(67-10)29(56)21-68-46/h13,25,27,29-48,56-62H,1,11-12,14-23H2,2-10H3,(H,64,65,66). The van der Waals surface area contributed by atoms with Crippen molar-refractivity contribution in [3.8, 4) is 0 Å². The molecule has 79 heavy (non-hydrogen) atoms. The number of rotatable bonds is 16. The number of esters is 2. The second-order valence-corrected chi connectivity index (χ2v) is 26.2. The van der Waals surface area contributed by atoms with Crippen LogP contribution >= 0.6 is 0 Å². The monoisotopic (exact) mass is 1150 g/mol. The lowest BCUT2D eigenvalue weighted by atomic mass is 9.41. The largest absolute Gasteiger partial charge is 0.462 e. The Bertz CT molecular complexity index is 2390. The molecule has 5 aliphatic heterocycles. The lowest BCUT2D eigenvalue weighted by molar-refractivity contribution is -0.379. The summed E-state index contributed by atoms with van der Waals surface area (Å²) >= 11 is 0. The number of ether oxygens (including phenoxy) is 11. The molecule has 24 nitrogen and oxygen atoms in total. The molecule has 4 aliphatic carbocycles. The highest BCUT2D eigenvalue weighted by molar-refractivity contribution is 7.80. The van der Waals surface area contributed by atoms with Crippen LogP contribution in [0.5, 0.6) is 0 Å². The summed E-state index contributed by atoms with van der Waals surface area (Å²) < 4.78 is 104. The van der Waals surface area contributed by atoms with Crippen LogP contribution in [-0.2, 0) is 76.3 Å². The van der Waals surface area contributed by atoms with Crippen LogP contribution in [0.15, 0.2) is 23.8 Å². The minimum absolute atomic E-state index is 0.00174. The minimum atomic E-state index is -5.14.